The van der Waals surface area contributed by atoms with E-state index >= 15 is 0 Å². The van der Waals surface area contributed by atoms with Gasteiger partial charge in [-0.3, -0.25) is 4.79 Å². The highest BCUT2D eigenvalue weighted by molar-refractivity contribution is 5.86. The maximum atomic E-state index is 10.7. The van der Waals surface area contributed by atoms with E-state index in [-0.39, 0.29) is 6.42 Å². The lowest BCUT2D eigenvalue weighted by atomic mass is 10.1. The molecule has 0 radical (unpaired) electrons. The third-order valence-corrected chi connectivity index (χ3v) is 4.73. The second-order valence-corrected chi connectivity index (χ2v) is 6.75. The van der Waals surface area contributed by atoms with Crippen molar-refractivity contribution in [1.29, 1.82) is 0 Å². The molecule has 4 rings (SSSR count). The average Bonchev–Trinajstić information content (AvgIpc) is 3.40. The number of fused-ring (bicyclic) bond motifs is 2. The van der Waals surface area contributed by atoms with Crippen molar-refractivity contribution in [1.82, 2.24) is 9.97 Å². The number of hydrogen-bond acceptors (Lipinski definition) is 3. The van der Waals surface area contributed by atoms with Crippen molar-refractivity contribution in [3.05, 3.63) is 47.5 Å². The predicted molar refractivity (Wildman–Crippen MR) is 94.0 cm³/mol. The maximum Gasteiger partial charge on any atom is 0.303 e. The van der Waals surface area contributed by atoms with Crippen LogP contribution < -0.4 is 0 Å². The number of carboxylic acid groups (broad SMARTS) is 1. The van der Waals surface area contributed by atoms with Gasteiger partial charge in [0.05, 0.1) is 22.1 Å². The number of aryl methyl sites for hydroxylation is 2. The normalized spacial score (nSPS) is 14.3. The molecule has 3 aromatic rings. The molecule has 1 fully saturated rings. The number of aliphatic carboxylic acids is 1. The Morgan fingerprint density at radius 2 is 1.50 bits per heavy atom. The Bertz CT molecular complexity index is 916. The minimum absolute atomic E-state index is 0.136. The molecular weight excluding hydrogens is 300 g/mol. The van der Waals surface area contributed by atoms with Crippen LogP contribution in [-0.4, -0.2) is 21.0 Å². The number of carboxylic acids is 1. The molecule has 122 valence electrons. The summed E-state index contributed by atoms with van der Waals surface area (Å²) in [6.45, 7) is 0. The van der Waals surface area contributed by atoms with Gasteiger partial charge in [-0.2, -0.15) is 0 Å². The van der Waals surface area contributed by atoms with E-state index in [2.05, 4.69) is 12.1 Å². The number of hydrogen-bond donors (Lipinski definition) is 1. The van der Waals surface area contributed by atoms with Crippen LogP contribution in [0.2, 0.25) is 0 Å². The molecule has 0 amide bonds. The van der Waals surface area contributed by atoms with Crippen LogP contribution in [0.15, 0.2) is 36.4 Å². The van der Waals surface area contributed by atoms with Crippen molar-refractivity contribution in [3.8, 4) is 0 Å². The molecule has 0 atom stereocenters. The molecule has 4 heteroatoms. The van der Waals surface area contributed by atoms with Crippen LogP contribution in [-0.2, 0) is 17.6 Å². The van der Waals surface area contributed by atoms with Gasteiger partial charge in [-0.15, -0.1) is 0 Å². The zero-order valence-corrected chi connectivity index (χ0v) is 13.5. The largest absolute Gasteiger partial charge is 0.481 e. The van der Waals surface area contributed by atoms with Gasteiger partial charge in [0.15, 0.2) is 0 Å². The standard InChI is InChI=1S/C20H20N2O2/c23-20(24)10-7-15-6-9-17-19(12-15)22-16-8-5-14(11-18(16)21-17)4-3-13-1-2-13/h5-6,8-9,11-13H,1-4,7,10H2,(H,23,24). The molecule has 0 spiro atoms. The highest BCUT2D eigenvalue weighted by Gasteiger charge is 2.20. The zero-order valence-electron chi connectivity index (χ0n) is 13.5. The summed E-state index contributed by atoms with van der Waals surface area (Å²) >= 11 is 0. The van der Waals surface area contributed by atoms with Crippen molar-refractivity contribution in [2.75, 3.05) is 0 Å². The van der Waals surface area contributed by atoms with E-state index in [0.717, 1.165) is 40.0 Å². The van der Waals surface area contributed by atoms with E-state index in [9.17, 15) is 4.79 Å². The number of nitrogens with zero attached hydrogens (tertiary/aromatic N) is 2. The van der Waals surface area contributed by atoms with Crippen LogP contribution in [0.4, 0.5) is 0 Å². The van der Waals surface area contributed by atoms with E-state index in [1.807, 2.05) is 24.3 Å². The SMILES string of the molecule is O=C(O)CCc1ccc2nc3cc(CCC4CC4)ccc3nc2c1. The molecule has 1 saturated carbocycles. The molecule has 1 N–H and O–H groups in total. The van der Waals surface area contributed by atoms with E-state index in [0.29, 0.717) is 6.42 Å². The number of carbonyl (C=O) groups is 1. The molecule has 24 heavy (non-hydrogen) atoms. The minimum Gasteiger partial charge on any atom is -0.481 e. The van der Waals surface area contributed by atoms with Gasteiger partial charge in [0.25, 0.3) is 0 Å². The summed E-state index contributed by atoms with van der Waals surface area (Å²) in [6.07, 6.45) is 5.83. The second-order valence-electron chi connectivity index (χ2n) is 6.75. The second kappa shape index (κ2) is 6.19. The number of benzene rings is 2. The first kappa shape index (κ1) is 15.1. The third-order valence-electron chi connectivity index (χ3n) is 4.73. The van der Waals surface area contributed by atoms with Crippen LogP contribution in [0.1, 0.15) is 36.8 Å². The molecule has 1 heterocycles. The summed E-state index contributed by atoms with van der Waals surface area (Å²) in [5.74, 6) is 0.158. The van der Waals surface area contributed by atoms with Crippen LogP contribution in [0.3, 0.4) is 0 Å². The van der Waals surface area contributed by atoms with Crippen LogP contribution in [0, 0.1) is 5.92 Å². The Balaban J connectivity index is 1.63. The molecular formula is C20H20N2O2. The van der Waals surface area contributed by atoms with Crippen LogP contribution in [0.5, 0.6) is 0 Å². The summed E-state index contributed by atoms with van der Waals surface area (Å²) in [7, 11) is 0. The fourth-order valence-electron chi connectivity index (χ4n) is 3.11. The third kappa shape index (κ3) is 3.37. The van der Waals surface area contributed by atoms with Gasteiger partial charge in [0.1, 0.15) is 0 Å². The van der Waals surface area contributed by atoms with Crippen molar-refractivity contribution in [2.45, 2.75) is 38.5 Å². The van der Waals surface area contributed by atoms with Crippen LogP contribution >= 0.6 is 0 Å². The summed E-state index contributed by atoms with van der Waals surface area (Å²) in [5.41, 5.74) is 5.85. The van der Waals surface area contributed by atoms with E-state index in [1.165, 1.54) is 24.8 Å². The van der Waals surface area contributed by atoms with Crippen molar-refractivity contribution in [2.24, 2.45) is 5.92 Å². The summed E-state index contributed by atoms with van der Waals surface area (Å²) in [6, 6.07) is 12.2. The van der Waals surface area contributed by atoms with E-state index in [4.69, 9.17) is 15.1 Å². The van der Waals surface area contributed by atoms with Gasteiger partial charge < -0.3 is 5.11 Å². The quantitative estimate of drug-likeness (QED) is 0.693. The Morgan fingerprint density at radius 3 is 2.04 bits per heavy atom. The molecule has 0 aliphatic heterocycles. The van der Waals surface area contributed by atoms with Crippen molar-refractivity contribution < 1.29 is 9.90 Å². The summed E-state index contributed by atoms with van der Waals surface area (Å²) in [4.78, 5) is 20.2. The lowest BCUT2D eigenvalue weighted by molar-refractivity contribution is -0.136. The summed E-state index contributed by atoms with van der Waals surface area (Å²) < 4.78 is 0. The van der Waals surface area contributed by atoms with Gasteiger partial charge in [-0.05, 0) is 60.6 Å². The van der Waals surface area contributed by atoms with E-state index in [1.54, 1.807) is 0 Å². The number of rotatable bonds is 6. The molecule has 2 aromatic carbocycles. The monoisotopic (exact) mass is 320 g/mol. The zero-order chi connectivity index (χ0) is 16.5. The first-order chi connectivity index (χ1) is 11.7. The topological polar surface area (TPSA) is 63.1 Å². The van der Waals surface area contributed by atoms with E-state index < -0.39 is 5.97 Å². The number of aromatic nitrogens is 2. The highest BCUT2D eigenvalue weighted by Crippen LogP contribution is 2.33. The summed E-state index contributed by atoms with van der Waals surface area (Å²) in [5, 5.41) is 8.81. The molecule has 0 bridgehead atoms. The molecule has 1 aromatic heterocycles. The lowest BCUT2D eigenvalue weighted by Crippen LogP contribution is -1.98. The van der Waals surface area contributed by atoms with Gasteiger partial charge >= 0.3 is 5.97 Å². The fourth-order valence-corrected chi connectivity index (χ4v) is 3.11. The lowest BCUT2D eigenvalue weighted by Gasteiger charge is -2.06. The smallest absolute Gasteiger partial charge is 0.303 e. The van der Waals surface area contributed by atoms with Gasteiger partial charge in [-0.25, -0.2) is 9.97 Å². The predicted octanol–water partition coefficient (Wildman–Crippen LogP) is 4.14. The van der Waals surface area contributed by atoms with Crippen molar-refractivity contribution in [3.63, 3.8) is 0 Å². The van der Waals surface area contributed by atoms with Gasteiger partial charge in [0.2, 0.25) is 0 Å². The molecule has 0 saturated heterocycles. The fraction of sp³-hybridized carbons (Fsp3) is 0.350. The first-order valence-corrected chi connectivity index (χ1v) is 8.58. The average molecular weight is 320 g/mol. The Morgan fingerprint density at radius 1 is 0.917 bits per heavy atom. The first-order valence-electron chi connectivity index (χ1n) is 8.58. The molecule has 1 aliphatic rings. The van der Waals surface area contributed by atoms with Gasteiger partial charge in [0, 0.05) is 6.42 Å². The maximum absolute atomic E-state index is 10.7. The minimum atomic E-state index is -0.779. The molecule has 4 nitrogen and oxygen atoms in total. The van der Waals surface area contributed by atoms with Crippen LogP contribution in [0.25, 0.3) is 22.1 Å². The van der Waals surface area contributed by atoms with Gasteiger partial charge in [-0.1, -0.05) is 25.0 Å². The molecule has 0 unspecified atom stereocenters. The Labute approximate surface area is 140 Å². The van der Waals surface area contributed by atoms with Crippen molar-refractivity contribution >= 4 is 28.0 Å². The molecule has 1 aliphatic carbocycles. The Hall–Kier alpha value is -2.49. The highest BCUT2D eigenvalue weighted by atomic mass is 16.4. The Kier molecular flexibility index (Phi) is 3.89.